The summed E-state index contributed by atoms with van der Waals surface area (Å²) in [5.74, 6) is 1.89. The van der Waals surface area contributed by atoms with Crippen LogP contribution in [-0.2, 0) is 0 Å². The van der Waals surface area contributed by atoms with E-state index in [0.717, 1.165) is 29.7 Å². The van der Waals surface area contributed by atoms with Crippen LogP contribution in [0.3, 0.4) is 0 Å². The maximum absolute atomic E-state index is 5.71. The van der Waals surface area contributed by atoms with E-state index in [9.17, 15) is 0 Å². The van der Waals surface area contributed by atoms with E-state index in [4.69, 9.17) is 4.42 Å². The van der Waals surface area contributed by atoms with Crippen molar-refractivity contribution in [1.82, 2.24) is 25.1 Å². The first-order valence-corrected chi connectivity index (χ1v) is 8.42. The number of hydrogen-bond donors (Lipinski definition) is 0. The van der Waals surface area contributed by atoms with Crippen molar-refractivity contribution < 1.29 is 4.42 Å². The maximum atomic E-state index is 5.71. The summed E-state index contributed by atoms with van der Waals surface area (Å²) in [4.78, 5) is 6.46. The average molecular weight is 328 g/mol. The van der Waals surface area contributed by atoms with Gasteiger partial charge in [-0.3, -0.25) is 5.01 Å². The van der Waals surface area contributed by atoms with E-state index < -0.39 is 0 Å². The normalized spacial score (nSPS) is 11.8. The van der Waals surface area contributed by atoms with Crippen molar-refractivity contribution in [1.29, 1.82) is 0 Å². The molecular weight excluding hydrogens is 304 g/mol. The van der Waals surface area contributed by atoms with Gasteiger partial charge in [0.25, 0.3) is 0 Å². The molecule has 3 heterocycles. The van der Waals surface area contributed by atoms with Crippen molar-refractivity contribution >= 4 is 11.0 Å². The van der Waals surface area contributed by atoms with Gasteiger partial charge in [-0.05, 0) is 18.9 Å². The molecule has 7 heteroatoms. The first-order valence-electron chi connectivity index (χ1n) is 8.42. The number of pyridine rings is 1. The minimum Gasteiger partial charge on any atom is -0.420 e. The third-order valence-corrected chi connectivity index (χ3v) is 3.78. The Balaban J connectivity index is 1.95. The monoisotopic (exact) mass is 328 g/mol. The molecule has 0 saturated heterocycles. The standard InChI is InChI=1S/C17H24N6O/c1-6-22(10-11(2)3)23-15-13(9-19-23)7-14(8-18-15)17-21-20-16(24-17)12(4)5/h7-9,11-12H,6,10H2,1-5H3. The van der Waals surface area contributed by atoms with Crippen LogP contribution >= 0.6 is 0 Å². The van der Waals surface area contributed by atoms with Crippen molar-refractivity contribution in [2.75, 3.05) is 18.1 Å². The van der Waals surface area contributed by atoms with E-state index in [-0.39, 0.29) is 5.92 Å². The van der Waals surface area contributed by atoms with Gasteiger partial charge in [0.15, 0.2) is 5.65 Å². The first kappa shape index (κ1) is 16.4. The molecule has 0 aromatic carbocycles. The third kappa shape index (κ3) is 3.11. The molecule has 0 N–H and O–H groups in total. The zero-order valence-electron chi connectivity index (χ0n) is 14.9. The van der Waals surface area contributed by atoms with E-state index in [1.54, 1.807) is 6.20 Å². The maximum Gasteiger partial charge on any atom is 0.249 e. The molecule has 24 heavy (non-hydrogen) atoms. The van der Waals surface area contributed by atoms with Crippen LogP contribution in [0.4, 0.5) is 0 Å². The second kappa shape index (κ2) is 6.59. The van der Waals surface area contributed by atoms with Gasteiger partial charge in [-0.1, -0.05) is 27.7 Å². The molecule has 0 amide bonds. The number of nitrogens with zero attached hydrogens (tertiary/aromatic N) is 6. The van der Waals surface area contributed by atoms with Crippen LogP contribution in [0.2, 0.25) is 0 Å². The summed E-state index contributed by atoms with van der Waals surface area (Å²) in [5.41, 5.74) is 1.65. The minimum atomic E-state index is 0.208. The van der Waals surface area contributed by atoms with Crippen LogP contribution in [0.5, 0.6) is 0 Å². The molecule has 0 aliphatic carbocycles. The Hall–Kier alpha value is -2.44. The summed E-state index contributed by atoms with van der Waals surface area (Å²) in [6.45, 7) is 12.4. The molecule has 3 aromatic rings. The lowest BCUT2D eigenvalue weighted by molar-refractivity contribution is 0.481. The van der Waals surface area contributed by atoms with E-state index in [2.05, 4.69) is 46.1 Å². The Morgan fingerprint density at radius 1 is 1.17 bits per heavy atom. The van der Waals surface area contributed by atoms with Crippen LogP contribution in [0.15, 0.2) is 22.9 Å². The summed E-state index contributed by atoms with van der Waals surface area (Å²) < 4.78 is 5.71. The van der Waals surface area contributed by atoms with Gasteiger partial charge in [0.1, 0.15) is 0 Å². The second-order valence-corrected chi connectivity index (χ2v) is 6.67. The summed E-state index contributed by atoms with van der Waals surface area (Å²) in [6.07, 6.45) is 3.59. The smallest absolute Gasteiger partial charge is 0.249 e. The largest absolute Gasteiger partial charge is 0.420 e. The molecule has 3 aromatic heterocycles. The quantitative estimate of drug-likeness (QED) is 0.692. The lowest BCUT2D eigenvalue weighted by Crippen LogP contribution is -2.38. The highest BCUT2D eigenvalue weighted by atomic mass is 16.4. The Labute approximate surface area is 141 Å². The van der Waals surface area contributed by atoms with Gasteiger partial charge in [0.2, 0.25) is 11.8 Å². The van der Waals surface area contributed by atoms with Crippen LogP contribution in [-0.4, -0.2) is 38.2 Å². The summed E-state index contributed by atoms with van der Waals surface area (Å²) >= 11 is 0. The highest BCUT2D eigenvalue weighted by Crippen LogP contribution is 2.23. The second-order valence-electron chi connectivity index (χ2n) is 6.67. The van der Waals surface area contributed by atoms with Gasteiger partial charge in [-0.2, -0.15) is 9.89 Å². The van der Waals surface area contributed by atoms with E-state index in [1.165, 1.54) is 0 Å². The molecule has 0 atom stereocenters. The Morgan fingerprint density at radius 3 is 2.58 bits per heavy atom. The van der Waals surface area contributed by atoms with Gasteiger partial charge >= 0.3 is 0 Å². The third-order valence-electron chi connectivity index (χ3n) is 3.78. The average Bonchev–Trinajstić information content (AvgIpc) is 3.18. The molecule has 0 aliphatic heterocycles. The molecule has 0 radical (unpaired) electrons. The lowest BCUT2D eigenvalue weighted by Gasteiger charge is -2.24. The van der Waals surface area contributed by atoms with E-state index >= 15 is 0 Å². The number of hydrogen-bond acceptors (Lipinski definition) is 6. The molecule has 0 bridgehead atoms. The lowest BCUT2D eigenvalue weighted by atomic mass is 10.2. The van der Waals surface area contributed by atoms with Crippen LogP contribution in [0.25, 0.3) is 22.5 Å². The number of aromatic nitrogens is 5. The zero-order chi connectivity index (χ0) is 17.3. The van der Waals surface area contributed by atoms with Crippen LogP contribution in [0.1, 0.15) is 46.4 Å². The molecular formula is C17H24N6O. The molecule has 0 saturated carbocycles. The number of fused-ring (bicyclic) bond motifs is 1. The zero-order valence-corrected chi connectivity index (χ0v) is 14.9. The Bertz CT molecular complexity index is 819. The predicted molar refractivity (Wildman–Crippen MR) is 93.4 cm³/mol. The molecule has 0 unspecified atom stereocenters. The van der Waals surface area contributed by atoms with Crippen molar-refractivity contribution in [3.8, 4) is 11.5 Å². The van der Waals surface area contributed by atoms with Gasteiger partial charge < -0.3 is 4.42 Å². The summed E-state index contributed by atoms with van der Waals surface area (Å²) in [7, 11) is 0. The van der Waals surface area contributed by atoms with Gasteiger partial charge in [-0.25, -0.2) is 4.98 Å². The molecule has 0 aliphatic rings. The van der Waals surface area contributed by atoms with Gasteiger partial charge in [0, 0.05) is 30.6 Å². The van der Waals surface area contributed by atoms with Crippen molar-refractivity contribution in [3.05, 3.63) is 24.4 Å². The van der Waals surface area contributed by atoms with Gasteiger partial charge in [-0.15, -0.1) is 10.2 Å². The SMILES string of the molecule is CCN(CC(C)C)n1ncc2cc(-c3nnc(C(C)C)o3)cnc21. The predicted octanol–water partition coefficient (Wildman–Crippen LogP) is 3.22. The van der Waals surface area contributed by atoms with Gasteiger partial charge in [0.05, 0.1) is 11.8 Å². The fourth-order valence-electron chi connectivity index (χ4n) is 2.58. The van der Waals surface area contributed by atoms with E-state index in [0.29, 0.717) is 17.7 Å². The fraction of sp³-hybridized carbons (Fsp3) is 0.529. The van der Waals surface area contributed by atoms with E-state index in [1.807, 2.05) is 30.9 Å². The first-order chi connectivity index (χ1) is 11.5. The van der Waals surface area contributed by atoms with Crippen LogP contribution < -0.4 is 5.01 Å². The number of rotatable bonds is 6. The molecule has 0 fully saturated rings. The van der Waals surface area contributed by atoms with Crippen molar-refractivity contribution in [3.63, 3.8) is 0 Å². The Morgan fingerprint density at radius 2 is 1.96 bits per heavy atom. The Kier molecular flexibility index (Phi) is 4.51. The highest BCUT2D eigenvalue weighted by Gasteiger charge is 2.15. The fourth-order valence-corrected chi connectivity index (χ4v) is 2.58. The molecule has 0 spiro atoms. The van der Waals surface area contributed by atoms with Crippen molar-refractivity contribution in [2.24, 2.45) is 5.92 Å². The molecule has 7 nitrogen and oxygen atoms in total. The van der Waals surface area contributed by atoms with Crippen molar-refractivity contribution in [2.45, 2.75) is 40.5 Å². The topological polar surface area (TPSA) is 72.9 Å². The molecule has 3 rings (SSSR count). The highest BCUT2D eigenvalue weighted by molar-refractivity contribution is 5.79. The summed E-state index contributed by atoms with van der Waals surface area (Å²) in [5, 5.41) is 15.8. The minimum absolute atomic E-state index is 0.208. The molecule has 128 valence electrons. The summed E-state index contributed by atoms with van der Waals surface area (Å²) in [6, 6.07) is 1.99. The van der Waals surface area contributed by atoms with Crippen LogP contribution in [0, 0.1) is 5.92 Å².